The molecule has 0 aliphatic carbocycles. The van der Waals surface area contributed by atoms with E-state index in [1.165, 1.54) is 51.4 Å². The van der Waals surface area contributed by atoms with Crippen LogP contribution in [0, 0.1) is 0 Å². The van der Waals surface area contributed by atoms with Gasteiger partial charge in [-0.05, 0) is 43.6 Å². The van der Waals surface area contributed by atoms with Crippen LogP contribution in [0.25, 0.3) is 22.2 Å². The molecular weight excluding hydrogens is 406 g/mol. The van der Waals surface area contributed by atoms with Crippen LogP contribution in [0.3, 0.4) is 0 Å². The number of fused-ring (bicyclic) bond motifs is 1. The summed E-state index contributed by atoms with van der Waals surface area (Å²) < 4.78 is 0. The van der Waals surface area contributed by atoms with Gasteiger partial charge in [-0.1, -0.05) is 94.8 Å². The minimum atomic E-state index is -0.586. The number of benzene rings is 2. The summed E-state index contributed by atoms with van der Waals surface area (Å²) in [5, 5.41) is 12.4. The molecule has 4 nitrogen and oxygen atoms in total. The fourth-order valence-electron chi connectivity index (χ4n) is 4.49. The Balaban J connectivity index is 1.86. The summed E-state index contributed by atoms with van der Waals surface area (Å²) >= 11 is 0. The monoisotopic (exact) mass is 447 g/mol. The van der Waals surface area contributed by atoms with Crippen molar-refractivity contribution in [2.45, 2.75) is 71.3 Å². The number of rotatable bonds is 14. The minimum absolute atomic E-state index is 0.586. The van der Waals surface area contributed by atoms with Crippen molar-refractivity contribution in [3.8, 4) is 11.3 Å². The van der Waals surface area contributed by atoms with Gasteiger partial charge in [0.05, 0.1) is 23.0 Å². The third-order valence-electron chi connectivity index (χ3n) is 6.42. The van der Waals surface area contributed by atoms with E-state index in [0.717, 1.165) is 40.8 Å². The molecule has 0 bridgehead atoms. The molecule has 0 saturated heterocycles. The number of nitrogen functional groups attached to an aromatic ring is 1. The van der Waals surface area contributed by atoms with Crippen LogP contribution in [-0.4, -0.2) is 34.6 Å². The van der Waals surface area contributed by atoms with Gasteiger partial charge in [-0.3, -0.25) is 0 Å². The third kappa shape index (κ3) is 7.28. The van der Waals surface area contributed by atoms with E-state index in [1.807, 2.05) is 42.5 Å². The molecule has 4 heteroatoms. The van der Waals surface area contributed by atoms with Gasteiger partial charge in [-0.2, -0.15) is 0 Å². The van der Waals surface area contributed by atoms with Crippen LogP contribution >= 0.6 is 0 Å². The lowest BCUT2D eigenvalue weighted by Crippen LogP contribution is -2.31. The second-order valence-electron chi connectivity index (χ2n) is 9.14. The first-order chi connectivity index (χ1) is 16.1. The number of nitrogens with zero attached hydrogens (tertiary/aromatic N) is 2. The number of aromatic nitrogens is 1. The highest BCUT2D eigenvalue weighted by Crippen LogP contribution is 2.31. The number of nitrogens with two attached hydrogens (primary N) is 1. The van der Waals surface area contributed by atoms with Gasteiger partial charge in [0, 0.05) is 17.5 Å². The summed E-state index contributed by atoms with van der Waals surface area (Å²) in [7, 11) is 0. The standard InChI is InChI=1S/C29H41N3O/c1-3-5-7-12-19-32(20-13-8-6-4-2)22-28(33)25-21-27(23-15-10-9-11-16-23)31-29-24(25)17-14-18-26(29)30/h9-11,14-18,21,28,33H,3-8,12-13,19-20,22,30H2,1-2H3. The van der Waals surface area contributed by atoms with E-state index < -0.39 is 6.10 Å². The van der Waals surface area contributed by atoms with Crippen molar-refractivity contribution in [3.05, 3.63) is 60.2 Å². The van der Waals surface area contributed by atoms with E-state index >= 15 is 0 Å². The molecule has 3 aromatic rings. The number of pyridine rings is 1. The molecule has 3 N–H and O–H groups in total. The zero-order chi connectivity index (χ0) is 23.5. The Labute approximate surface area is 199 Å². The Morgan fingerprint density at radius 2 is 1.52 bits per heavy atom. The Hall–Kier alpha value is -2.43. The van der Waals surface area contributed by atoms with Gasteiger partial charge in [0.1, 0.15) is 0 Å². The Morgan fingerprint density at radius 3 is 2.15 bits per heavy atom. The van der Waals surface area contributed by atoms with E-state index in [4.69, 9.17) is 10.7 Å². The maximum absolute atomic E-state index is 11.4. The number of aliphatic hydroxyl groups is 1. The van der Waals surface area contributed by atoms with Gasteiger partial charge in [0.15, 0.2) is 0 Å². The summed E-state index contributed by atoms with van der Waals surface area (Å²) in [5.41, 5.74) is 10.5. The molecule has 0 fully saturated rings. The Kier molecular flexibility index (Phi) is 10.2. The number of hydrogen-bond donors (Lipinski definition) is 2. The fraction of sp³-hybridized carbons (Fsp3) is 0.483. The van der Waals surface area contributed by atoms with E-state index in [2.05, 4.69) is 30.9 Å². The predicted octanol–water partition coefficient (Wildman–Crippen LogP) is 6.98. The average Bonchev–Trinajstić information content (AvgIpc) is 2.84. The molecule has 1 unspecified atom stereocenters. The zero-order valence-corrected chi connectivity index (χ0v) is 20.5. The van der Waals surface area contributed by atoms with E-state index in [1.54, 1.807) is 0 Å². The summed E-state index contributed by atoms with van der Waals surface area (Å²) in [6, 6.07) is 18.0. The van der Waals surface area contributed by atoms with E-state index in [9.17, 15) is 5.11 Å². The van der Waals surface area contributed by atoms with Gasteiger partial charge in [0.25, 0.3) is 0 Å². The molecule has 0 amide bonds. The van der Waals surface area contributed by atoms with Crippen LogP contribution in [0.4, 0.5) is 5.69 Å². The van der Waals surface area contributed by atoms with Crippen LogP contribution in [0.2, 0.25) is 0 Å². The van der Waals surface area contributed by atoms with Gasteiger partial charge >= 0.3 is 0 Å². The quantitative estimate of drug-likeness (QED) is 0.207. The van der Waals surface area contributed by atoms with Gasteiger partial charge in [0.2, 0.25) is 0 Å². The molecule has 2 aromatic carbocycles. The second kappa shape index (κ2) is 13.3. The summed E-state index contributed by atoms with van der Waals surface area (Å²) in [6.07, 6.45) is 9.34. The van der Waals surface area contributed by atoms with Crippen LogP contribution < -0.4 is 5.73 Å². The van der Waals surface area contributed by atoms with Crippen molar-refractivity contribution in [2.75, 3.05) is 25.4 Å². The molecule has 3 rings (SSSR count). The average molecular weight is 448 g/mol. The van der Waals surface area contributed by atoms with Crippen LogP contribution in [0.1, 0.15) is 76.9 Å². The minimum Gasteiger partial charge on any atom is -0.397 e. The lowest BCUT2D eigenvalue weighted by Gasteiger charge is -2.26. The normalized spacial score (nSPS) is 12.5. The summed E-state index contributed by atoms with van der Waals surface area (Å²) in [4.78, 5) is 7.31. The third-order valence-corrected chi connectivity index (χ3v) is 6.42. The highest BCUT2D eigenvalue weighted by atomic mass is 16.3. The fourth-order valence-corrected chi connectivity index (χ4v) is 4.49. The van der Waals surface area contributed by atoms with Crippen molar-refractivity contribution >= 4 is 16.6 Å². The molecule has 1 aromatic heterocycles. The molecule has 0 spiro atoms. The maximum atomic E-state index is 11.4. The first kappa shape index (κ1) is 25.2. The molecule has 0 saturated carbocycles. The van der Waals surface area contributed by atoms with Gasteiger partial charge < -0.3 is 15.7 Å². The smallest absolute Gasteiger partial charge is 0.0942 e. The number of hydrogen-bond acceptors (Lipinski definition) is 4. The lowest BCUT2D eigenvalue weighted by atomic mass is 9.99. The molecule has 0 aliphatic rings. The highest BCUT2D eigenvalue weighted by molar-refractivity contribution is 5.93. The first-order valence-electron chi connectivity index (χ1n) is 12.8. The second-order valence-corrected chi connectivity index (χ2v) is 9.14. The van der Waals surface area contributed by atoms with Crippen molar-refractivity contribution in [3.63, 3.8) is 0 Å². The Bertz CT molecular complexity index is 961. The van der Waals surface area contributed by atoms with Crippen LogP contribution in [0.5, 0.6) is 0 Å². The molecule has 33 heavy (non-hydrogen) atoms. The van der Waals surface area contributed by atoms with E-state index in [0.29, 0.717) is 12.2 Å². The summed E-state index contributed by atoms with van der Waals surface area (Å²) in [6.45, 7) is 7.22. The van der Waals surface area contributed by atoms with Gasteiger partial charge in [-0.15, -0.1) is 0 Å². The molecular formula is C29H41N3O. The molecule has 1 heterocycles. The SMILES string of the molecule is CCCCCCN(CCCCCC)CC(O)c1cc(-c2ccccc2)nc2c(N)cccc12. The highest BCUT2D eigenvalue weighted by Gasteiger charge is 2.19. The zero-order valence-electron chi connectivity index (χ0n) is 20.5. The number of para-hydroxylation sites is 1. The Morgan fingerprint density at radius 1 is 0.848 bits per heavy atom. The lowest BCUT2D eigenvalue weighted by molar-refractivity contribution is 0.111. The van der Waals surface area contributed by atoms with Crippen LogP contribution in [-0.2, 0) is 0 Å². The number of anilines is 1. The molecule has 1 atom stereocenters. The molecule has 0 radical (unpaired) electrons. The van der Waals surface area contributed by atoms with Crippen LogP contribution in [0.15, 0.2) is 54.6 Å². The number of aliphatic hydroxyl groups excluding tert-OH is 1. The topological polar surface area (TPSA) is 62.4 Å². The molecule has 178 valence electrons. The van der Waals surface area contributed by atoms with Gasteiger partial charge in [-0.25, -0.2) is 4.98 Å². The molecule has 0 aliphatic heterocycles. The first-order valence-corrected chi connectivity index (χ1v) is 12.8. The van der Waals surface area contributed by atoms with Crippen molar-refractivity contribution in [1.82, 2.24) is 9.88 Å². The predicted molar refractivity (Wildman–Crippen MR) is 141 cm³/mol. The van der Waals surface area contributed by atoms with Crippen molar-refractivity contribution in [2.24, 2.45) is 0 Å². The van der Waals surface area contributed by atoms with Crippen molar-refractivity contribution in [1.29, 1.82) is 0 Å². The summed E-state index contributed by atoms with van der Waals surface area (Å²) in [5.74, 6) is 0. The maximum Gasteiger partial charge on any atom is 0.0942 e. The number of unbranched alkanes of at least 4 members (excludes halogenated alkanes) is 6. The largest absolute Gasteiger partial charge is 0.397 e. The van der Waals surface area contributed by atoms with Crippen molar-refractivity contribution < 1.29 is 5.11 Å². The van der Waals surface area contributed by atoms with E-state index in [-0.39, 0.29) is 0 Å².